The molecule has 1 amide bonds. The molecule has 1 atom stereocenters. The second kappa shape index (κ2) is 6.59. The quantitative estimate of drug-likeness (QED) is 0.816. The maximum absolute atomic E-state index is 12.3. The molecule has 0 aromatic heterocycles. The Morgan fingerprint density at radius 3 is 2.23 bits per heavy atom. The molecule has 0 aliphatic rings. The smallest absolute Gasteiger partial charge is 0.339 e. The lowest BCUT2D eigenvalue weighted by atomic mass is 10.1. The largest absolute Gasteiger partial charge is 0.379 e. The van der Waals surface area contributed by atoms with Gasteiger partial charge in [-0.15, -0.1) is 0 Å². The molecule has 2 N–H and O–H groups in total. The number of carbonyl (C=O) groups excluding carboxylic acids is 1. The predicted molar refractivity (Wildman–Crippen MR) is 79.6 cm³/mol. The maximum atomic E-state index is 12.3. The molecule has 1 unspecified atom stereocenters. The lowest BCUT2D eigenvalue weighted by Crippen LogP contribution is -2.24. The first-order chi connectivity index (χ1) is 10.5. The SMILES string of the molecule is COC(C(N)=O)c1ccccc1OS(=O)(=O)c1ccccc1. The van der Waals surface area contributed by atoms with Crippen LogP contribution in [0.1, 0.15) is 11.7 Å². The number of benzene rings is 2. The zero-order valence-electron chi connectivity index (χ0n) is 11.8. The van der Waals surface area contributed by atoms with Crippen LogP contribution in [0.3, 0.4) is 0 Å². The first-order valence-electron chi connectivity index (χ1n) is 6.36. The van der Waals surface area contributed by atoms with Crippen LogP contribution in [0.2, 0.25) is 0 Å². The highest BCUT2D eigenvalue weighted by Gasteiger charge is 2.24. The van der Waals surface area contributed by atoms with Gasteiger partial charge in [0.15, 0.2) is 6.10 Å². The minimum absolute atomic E-state index is 0.00277. The van der Waals surface area contributed by atoms with Crippen molar-refractivity contribution >= 4 is 16.0 Å². The lowest BCUT2D eigenvalue weighted by molar-refractivity contribution is -0.128. The van der Waals surface area contributed by atoms with Gasteiger partial charge in [-0.25, -0.2) is 0 Å². The number of primary amides is 1. The van der Waals surface area contributed by atoms with Gasteiger partial charge in [-0.05, 0) is 18.2 Å². The van der Waals surface area contributed by atoms with E-state index in [1.54, 1.807) is 30.3 Å². The Morgan fingerprint density at radius 2 is 1.64 bits per heavy atom. The Kier molecular flexibility index (Phi) is 4.79. The molecule has 0 spiro atoms. The van der Waals surface area contributed by atoms with Crippen molar-refractivity contribution in [1.82, 2.24) is 0 Å². The zero-order valence-corrected chi connectivity index (χ0v) is 12.6. The zero-order chi connectivity index (χ0) is 16.2. The van der Waals surface area contributed by atoms with Gasteiger partial charge >= 0.3 is 10.1 Å². The molecule has 2 aromatic carbocycles. The second-order valence-corrected chi connectivity index (χ2v) is 5.95. The molecule has 0 fully saturated rings. The predicted octanol–water partition coefficient (Wildman–Crippen LogP) is 1.63. The highest BCUT2D eigenvalue weighted by Crippen LogP contribution is 2.29. The Balaban J connectivity index is 2.41. The van der Waals surface area contributed by atoms with Crippen molar-refractivity contribution in [1.29, 1.82) is 0 Å². The number of para-hydroxylation sites is 1. The van der Waals surface area contributed by atoms with Crippen molar-refractivity contribution in [3.63, 3.8) is 0 Å². The standard InChI is InChI=1S/C15H15NO5S/c1-20-14(15(16)17)12-9-5-6-10-13(12)21-22(18,19)11-7-3-2-4-8-11/h2-10,14H,1H3,(H2,16,17). The topological polar surface area (TPSA) is 95.7 Å². The Hall–Kier alpha value is -2.38. The van der Waals surface area contributed by atoms with Crippen molar-refractivity contribution in [2.45, 2.75) is 11.0 Å². The van der Waals surface area contributed by atoms with Crippen LogP contribution in [0.4, 0.5) is 0 Å². The van der Waals surface area contributed by atoms with Crippen LogP contribution in [0.25, 0.3) is 0 Å². The number of hydrogen-bond donors (Lipinski definition) is 1. The molecule has 116 valence electrons. The molecule has 0 saturated carbocycles. The molecule has 0 saturated heterocycles. The van der Waals surface area contributed by atoms with Gasteiger partial charge in [0.25, 0.3) is 5.91 Å². The summed E-state index contributed by atoms with van der Waals surface area (Å²) in [5.74, 6) is -0.743. The van der Waals surface area contributed by atoms with Gasteiger partial charge in [-0.1, -0.05) is 36.4 Å². The summed E-state index contributed by atoms with van der Waals surface area (Å²) in [5, 5.41) is 0. The number of carbonyl (C=O) groups is 1. The van der Waals surface area contributed by atoms with Crippen LogP contribution in [0.15, 0.2) is 59.5 Å². The van der Waals surface area contributed by atoms with Crippen LogP contribution in [-0.4, -0.2) is 21.4 Å². The summed E-state index contributed by atoms with van der Waals surface area (Å²) in [6, 6.07) is 13.9. The van der Waals surface area contributed by atoms with E-state index in [0.717, 1.165) is 0 Å². The summed E-state index contributed by atoms with van der Waals surface area (Å²) in [4.78, 5) is 11.4. The molecule has 2 rings (SSSR count). The molecule has 2 aromatic rings. The monoisotopic (exact) mass is 321 g/mol. The van der Waals surface area contributed by atoms with Crippen molar-refractivity contribution in [2.24, 2.45) is 5.73 Å². The third-order valence-electron chi connectivity index (χ3n) is 2.93. The van der Waals surface area contributed by atoms with Crippen molar-refractivity contribution in [2.75, 3.05) is 7.11 Å². The van der Waals surface area contributed by atoms with Crippen molar-refractivity contribution in [3.8, 4) is 5.75 Å². The summed E-state index contributed by atoms with van der Waals surface area (Å²) >= 11 is 0. The van der Waals surface area contributed by atoms with Crippen molar-refractivity contribution < 1.29 is 22.1 Å². The normalized spacial score (nSPS) is 12.6. The van der Waals surface area contributed by atoms with E-state index in [2.05, 4.69) is 0 Å². The van der Waals surface area contributed by atoms with Crippen LogP contribution in [0.5, 0.6) is 5.75 Å². The average molecular weight is 321 g/mol. The second-order valence-electron chi connectivity index (χ2n) is 4.41. The molecule has 0 heterocycles. The minimum Gasteiger partial charge on any atom is -0.379 e. The molecule has 0 aliphatic heterocycles. The highest BCUT2D eigenvalue weighted by atomic mass is 32.2. The molecule has 0 aliphatic carbocycles. The van der Waals surface area contributed by atoms with Crippen LogP contribution >= 0.6 is 0 Å². The van der Waals surface area contributed by atoms with Crippen LogP contribution in [-0.2, 0) is 19.6 Å². The van der Waals surface area contributed by atoms with Gasteiger partial charge in [0.2, 0.25) is 0 Å². The summed E-state index contributed by atoms with van der Waals surface area (Å²) < 4.78 is 34.7. The number of rotatable bonds is 6. The first kappa shape index (κ1) is 16.0. The number of hydrogen-bond acceptors (Lipinski definition) is 5. The van der Waals surface area contributed by atoms with Crippen LogP contribution < -0.4 is 9.92 Å². The van der Waals surface area contributed by atoms with E-state index in [4.69, 9.17) is 14.7 Å². The molecular weight excluding hydrogens is 306 g/mol. The Bertz CT molecular complexity index is 759. The first-order valence-corrected chi connectivity index (χ1v) is 7.77. The van der Waals surface area contributed by atoms with Gasteiger partial charge in [-0.2, -0.15) is 8.42 Å². The van der Waals surface area contributed by atoms with E-state index in [1.807, 2.05) is 0 Å². The summed E-state index contributed by atoms with van der Waals surface area (Å²) in [7, 11) is -2.71. The Labute approximate surface area is 128 Å². The fourth-order valence-electron chi connectivity index (χ4n) is 1.92. The fourth-order valence-corrected chi connectivity index (χ4v) is 2.90. The number of amides is 1. The van der Waals surface area contributed by atoms with E-state index in [-0.39, 0.29) is 16.2 Å². The van der Waals surface area contributed by atoms with E-state index in [9.17, 15) is 13.2 Å². The summed E-state index contributed by atoms with van der Waals surface area (Å²) in [5.41, 5.74) is 5.50. The average Bonchev–Trinajstić information content (AvgIpc) is 2.50. The maximum Gasteiger partial charge on any atom is 0.339 e. The molecule has 0 bridgehead atoms. The van der Waals surface area contributed by atoms with E-state index in [1.165, 1.54) is 31.4 Å². The molecular formula is C15H15NO5S. The van der Waals surface area contributed by atoms with Gasteiger partial charge in [0.05, 0.1) is 0 Å². The van der Waals surface area contributed by atoms with Gasteiger partial charge in [0, 0.05) is 12.7 Å². The fraction of sp³-hybridized carbons (Fsp3) is 0.133. The number of nitrogens with two attached hydrogens (primary N) is 1. The third-order valence-corrected chi connectivity index (χ3v) is 4.18. The van der Waals surface area contributed by atoms with E-state index in [0.29, 0.717) is 0 Å². The van der Waals surface area contributed by atoms with E-state index >= 15 is 0 Å². The summed E-state index contributed by atoms with van der Waals surface area (Å²) in [6.45, 7) is 0. The highest BCUT2D eigenvalue weighted by molar-refractivity contribution is 7.87. The number of ether oxygens (including phenoxy) is 1. The van der Waals surface area contributed by atoms with Crippen molar-refractivity contribution in [3.05, 3.63) is 60.2 Å². The van der Waals surface area contributed by atoms with E-state index < -0.39 is 22.1 Å². The Morgan fingerprint density at radius 1 is 1.05 bits per heavy atom. The van der Waals surface area contributed by atoms with Gasteiger partial charge in [0.1, 0.15) is 10.6 Å². The third kappa shape index (κ3) is 3.44. The molecule has 6 nitrogen and oxygen atoms in total. The number of methoxy groups -OCH3 is 1. The minimum atomic E-state index is -4.01. The van der Waals surface area contributed by atoms with Crippen LogP contribution in [0, 0.1) is 0 Å². The van der Waals surface area contributed by atoms with Gasteiger partial charge < -0.3 is 14.7 Å². The molecule has 7 heteroatoms. The summed E-state index contributed by atoms with van der Waals surface area (Å²) in [6.07, 6.45) is -1.10. The lowest BCUT2D eigenvalue weighted by Gasteiger charge is -2.16. The van der Waals surface area contributed by atoms with Gasteiger partial charge in [-0.3, -0.25) is 4.79 Å². The molecule has 0 radical (unpaired) electrons. The molecule has 22 heavy (non-hydrogen) atoms.